The predicted molar refractivity (Wildman–Crippen MR) is 93.0 cm³/mol. The minimum absolute atomic E-state index is 0.112. The van der Waals surface area contributed by atoms with Gasteiger partial charge in [0.15, 0.2) is 0 Å². The van der Waals surface area contributed by atoms with Gasteiger partial charge in [-0.1, -0.05) is 0 Å². The van der Waals surface area contributed by atoms with Gasteiger partial charge < -0.3 is 9.80 Å². The van der Waals surface area contributed by atoms with Crippen LogP contribution >= 0.6 is 0 Å². The molecular weight excluding hydrogens is 316 g/mol. The van der Waals surface area contributed by atoms with Gasteiger partial charge in [-0.3, -0.25) is 4.79 Å². The molecule has 0 aliphatic carbocycles. The fraction of sp³-hybridized carbons (Fsp3) is 0.500. The van der Waals surface area contributed by atoms with E-state index in [4.69, 9.17) is 4.98 Å². The molecular formula is C18H22N6O. The summed E-state index contributed by atoms with van der Waals surface area (Å²) in [5, 5.41) is 0. The van der Waals surface area contributed by atoms with Gasteiger partial charge in [-0.25, -0.2) is 19.9 Å². The number of nitrogens with zero attached hydrogens (tertiary/aromatic N) is 6. The number of carbonyl (C=O) groups excluding carboxylic acids is 1. The van der Waals surface area contributed by atoms with E-state index < -0.39 is 0 Å². The minimum Gasteiger partial charge on any atom is -0.340 e. The van der Waals surface area contributed by atoms with Crippen molar-refractivity contribution in [1.29, 1.82) is 0 Å². The van der Waals surface area contributed by atoms with Crippen LogP contribution < -0.4 is 4.90 Å². The van der Waals surface area contributed by atoms with Crippen molar-refractivity contribution in [1.82, 2.24) is 24.8 Å². The highest BCUT2D eigenvalue weighted by molar-refractivity contribution is 5.73. The van der Waals surface area contributed by atoms with Crippen LogP contribution in [0.1, 0.15) is 42.8 Å². The average molecular weight is 338 g/mol. The highest BCUT2D eigenvalue weighted by Crippen LogP contribution is 2.27. The topological polar surface area (TPSA) is 75.1 Å². The van der Waals surface area contributed by atoms with Crippen molar-refractivity contribution in [2.45, 2.75) is 38.6 Å². The Morgan fingerprint density at radius 3 is 2.84 bits per heavy atom. The summed E-state index contributed by atoms with van der Waals surface area (Å²) in [4.78, 5) is 33.8. The van der Waals surface area contributed by atoms with E-state index in [0.717, 1.165) is 61.9 Å². The summed E-state index contributed by atoms with van der Waals surface area (Å²) in [5.74, 6) is 2.10. The average Bonchev–Trinajstić information content (AvgIpc) is 2.68. The first kappa shape index (κ1) is 15.9. The number of fused-ring (bicyclic) bond motifs is 1. The number of aromatic nitrogens is 4. The number of hydrogen-bond donors (Lipinski definition) is 0. The minimum atomic E-state index is 0.112. The molecule has 0 spiro atoms. The highest BCUT2D eigenvalue weighted by atomic mass is 16.2. The summed E-state index contributed by atoms with van der Waals surface area (Å²) in [6.45, 7) is 4.80. The Morgan fingerprint density at radius 1 is 1.20 bits per heavy atom. The number of carbonyl (C=O) groups is 1. The molecule has 4 rings (SSSR count). The third kappa shape index (κ3) is 3.31. The third-order valence-electron chi connectivity index (χ3n) is 5.02. The number of anilines is 1. The first-order valence-electron chi connectivity index (χ1n) is 8.83. The van der Waals surface area contributed by atoms with Crippen LogP contribution in [0.15, 0.2) is 24.7 Å². The predicted octanol–water partition coefficient (Wildman–Crippen LogP) is 1.56. The van der Waals surface area contributed by atoms with Crippen molar-refractivity contribution >= 4 is 11.9 Å². The molecule has 1 amide bonds. The molecule has 4 heterocycles. The molecule has 2 aromatic heterocycles. The molecule has 1 fully saturated rings. The van der Waals surface area contributed by atoms with Crippen LogP contribution in [0, 0.1) is 0 Å². The first-order valence-corrected chi connectivity index (χ1v) is 8.83. The van der Waals surface area contributed by atoms with Crippen LogP contribution in [-0.4, -0.2) is 50.4 Å². The summed E-state index contributed by atoms with van der Waals surface area (Å²) >= 11 is 0. The van der Waals surface area contributed by atoms with Crippen molar-refractivity contribution in [3.8, 4) is 0 Å². The molecule has 0 unspecified atom stereocenters. The molecule has 2 aliphatic heterocycles. The fourth-order valence-electron chi connectivity index (χ4n) is 3.62. The van der Waals surface area contributed by atoms with E-state index in [-0.39, 0.29) is 5.91 Å². The fourth-order valence-corrected chi connectivity index (χ4v) is 3.62. The smallest absolute Gasteiger partial charge is 0.225 e. The van der Waals surface area contributed by atoms with Gasteiger partial charge in [0, 0.05) is 69.6 Å². The summed E-state index contributed by atoms with van der Waals surface area (Å²) in [7, 11) is 0. The zero-order chi connectivity index (χ0) is 17.2. The van der Waals surface area contributed by atoms with Gasteiger partial charge in [-0.2, -0.15) is 0 Å². The van der Waals surface area contributed by atoms with Gasteiger partial charge in [-0.15, -0.1) is 0 Å². The second kappa shape index (κ2) is 6.74. The highest BCUT2D eigenvalue weighted by Gasteiger charge is 2.27. The van der Waals surface area contributed by atoms with E-state index in [0.29, 0.717) is 12.5 Å². The first-order chi connectivity index (χ1) is 12.2. The monoisotopic (exact) mass is 338 g/mol. The normalized spacial score (nSPS) is 20.3. The lowest BCUT2D eigenvalue weighted by atomic mass is 9.96. The summed E-state index contributed by atoms with van der Waals surface area (Å²) < 4.78 is 0. The van der Waals surface area contributed by atoms with Crippen LogP contribution in [0.25, 0.3) is 0 Å². The van der Waals surface area contributed by atoms with E-state index >= 15 is 0 Å². The maximum atomic E-state index is 11.6. The molecule has 0 saturated carbocycles. The van der Waals surface area contributed by atoms with E-state index in [9.17, 15) is 4.79 Å². The summed E-state index contributed by atoms with van der Waals surface area (Å²) in [6.07, 6.45) is 8.45. The van der Waals surface area contributed by atoms with Crippen LogP contribution in [0.2, 0.25) is 0 Å². The molecule has 7 nitrogen and oxygen atoms in total. The van der Waals surface area contributed by atoms with Crippen molar-refractivity contribution in [2.75, 3.05) is 24.5 Å². The Kier molecular flexibility index (Phi) is 4.29. The zero-order valence-electron chi connectivity index (χ0n) is 14.4. The molecule has 7 heteroatoms. The van der Waals surface area contributed by atoms with Gasteiger partial charge in [0.1, 0.15) is 5.82 Å². The Hall–Kier alpha value is -2.57. The lowest BCUT2D eigenvalue weighted by Gasteiger charge is -2.32. The van der Waals surface area contributed by atoms with E-state index in [1.54, 1.807) is 19.3 Å². The van der Waals surface area contributed by atoms with Crippen LogP contribution in [0.5, 0.6) is 0 Å². The molecule has 0 radical (unpaired) electrons. The van der Waals surface area contributed by atoms with E-state index in [1.165, 1.54) is 0 Å². The Morgan fingerprint density at radius 2 is 2.04 bits per heavy atom. The SMILES string of the molecule is CC(=O)N1CCc2nc([C@H]3CCCN(c4ncccn4)C3)ncc2C1. The van der Waals surface area contributed by atoms with Gasteiger partial charge in [0.05, 0.1) is 5.69 Å². The number of rotatable bonds is 2. The van der Waals surface area contributed by atoms with Crippen LogP contribution in [0.3, 0.4) is 0 Å². The van der Waals surface area contributed by atoms with Crippen molar-refractivity contribution < 1.29 is 4.79 Å². The molecule has 25 heavy (non-hydrogen) atoms. The molecule has 0 aromatic carbocycles. The molecule has 0 N–H and O–H groups in total. The molecule has 1 atom stereocenters. The van der Waals surface area contributed by atoms with Crippen molar-refractivity contribution in [3.63, 3.8) is 0 Å². The van der Waals surface area contributed by atoms with Crippen LogP contribution in [0.4, 0.5) is 5.95 Å². The second-order valence-corrected chi connectivity index (χ2v) is 6.72. The van der Waals surface area contributed by atoms with Gasteiger partial charge in [0.2, 0.25) is 11.9 Å². The van der Waals surface area contributed by atoms with Gasteiger partial charge in [-0.05, 0) is 18.9 Å². The lowest BCUT2D eigenvalue weighted by molar-refractivity contribution is -0.129. The quantitative estimate of drug-likeness (QED) is 0.827. The van der Waals surface area contributed by atoms with Crippen LogP contribution in [-0.2, 0) is 17.8 Å². The number of amides is 1. The third-order valence-corrected chi connectivity index (χ3v) is 5.02. The van der Waals surface area contributed by atoms with E-state index in [1.807, 2.05) is 17.2 Å². The number of piperidine rings is 1. The van der Waals surface area contributed by atoms with Gasteiger partial charge in [0.25, 0.3) is 0 Å². The van der Waals surface area contributed by atoms with Crippen molar-refractivity contribution in [3.05, 3.63) is 41.7 Å². The van der Waals surface area contributed by atoms with Crippen molar-refractivity contribution in [2.24, 2.45) is 0 Å². The molecule has 2 aliphatic rings. The maximum absolute atomic E-state index is 11.6. The Labute approximate surface area is 147 Å². The largest absolute Gasteiger partial charge is 0.340 e. The zero-order valence-corrected chi connectivity index (χ0v) is 14.4. The molecule has 130 valence electrons. The lowest BCUT2D eigenvalue weighted by Crippen LogP contribution is -2.37. The van der Waals surface area contributed by atoms with Gasteiger partial charge >= 0.3 is 0 Å². The number of hydrogen-bond acceptors (Lipinski definition) is 6. The Balaban J connectivity index is 1.51. The Bertz CT molecular complexity index is 765. The van der Waals surface area contributed by atoms with E-state index in [2.05, 4.69) is 19.9 Å². The second-order valence-electron chi connectivity index (χ2n) is 6.72. The standard InChI is InChI=1S/C18H22N6O/c1-13(25)23-9-5-16-15(12-23)10-21-17(22-16)14-4-2-8-24(11-14)18-19-6-3-7-20-18/h3,6-7,10,14H,2,4-5,8-9,11-12H2,1H3/t14-/m0/s1. The molecule has 1 saturated heterocycles. The summed E-state index contributed by atoms with van der Waals surface area (Å²) in [6, 6.07) is 1.84. The maximum Gasteiger partial charge on any atom is 0.225 e. The summed E-state index contributed by atoms with van der Waals surface area (Å²) in [5.41, 5.74) is 2.17. The molecule has 2 aromatic rings. The molecule has 0 bridgehead atoms.